The molecule has 1 fully saturated rings. The maximum atomic E-state index is 12.6. The Balaban J connectivity index is 1.53. The largest absolute Gasteiger partial charge is 0.451 e. The molecule has 7 nitrogen and oxygen atoms in total. The molecule has 3 heterocycles. The van der Waals surface area contributed by atoms with Gasteiger partial charge in [0.15, 0.2) is 11.2 Å². The predicted molar refractivity (Wildman–Crippen MR) is 86.7 cm³/mol. The normalized spacial score (nSPS) is 15.8. The summed E-state index contributed by atoms with van der Waals surface area (Å²) in [5.41, 5.74) is 0.236. The smallest absolute Gasteiger partial charge is 0.289 e. The van der Waals surface area contributed by atoms with Gasteiger partial charge >= 0.3 is 0 Å². The zero-order valence-corrected chi connectivity index (χ0v) is 13.0. The maximum Gasteiger partial charge on any atom is 0.289 e. The molecular formula is C17H16N4O3. The van der Waals surface area contributed by atoms with E-state index >= 15 is 0 Å². The van der Waals surface area contributed by atoms with Gasteiger partial charge in [-0.3, -0.25) is 9.59 Å². The first-order valence-corrected chi connectivity index (χ1v) is 7.90. The number of piperidine rings is 1. The molecular weight excluding hydrogens is 308 g/mol. The number of carbonyl (C=O) groups excluding carboxylic acids is 1. The Morgan fingerprint density at radius 3 is 2.58 bits per heavy atom. The van der Waals surface area contributed by atoms with Crippen molar-refractivity contribution < 1.29 is 9.21 Å². The van der Waals surface area contributed by atoms with Gasteiger partial charge in [0.2, 0.25) is 0 Å². The Bertz CT molecular complexity index is 924. The fourth-order valence-corrected chi connectivity index (χ4v) is 3.08. The van der Waals surface area contributed by atoms with Crippen LogP contribution in [0.2, 0.25) is 0 Å². The number of hydrogen-bond donors (Lipinski definition) is 0. The fraction of sp³-hybridized carbons (Fsp3) is 0.294. The third-order valence-electron chi connectivity index (χ3n) is 4.36. The summed E-state index contributed by atoms with van der Waals surface area (Å²) in [7, 11) is 0. The van der Waals surface area contributed by atoms with Crippen molar-refractivity contribution in [2.75, 3.05) is 13.1 Å². The zero-order chi connectivity index (χ0) is 16.5. The summed E-state index contributed by atoms with van der Waals surface area (Å²) in [6.07, 6.45) is 4.86. The van der Waals surface area contributed by atoms with Crippen LogP contribution in [0, 0.1) is 0 Å². The summed E-state index contributed by atoms with van der Waals surface area (Å²) in [6, 6.07) is 8.43. The van der Waals surface area contributed by atoms with Crippen LogP contribution in [0.5, 0.6) is 0 Å². The highest BCUT2D eigenvalue weighted by atomic mass is 16.3. The number of hydrogen-bond acceptors (Lipinski definition) is 5. The lowest BCUT2D eigenvalue weighted by atomic mass is 10.1. The first-order chi connectivity index (χ1) is 11.7. The molecule has 1 aliphatic rings. The Hall–Kier alpha value is -2.96. The third kappa shape index (κ3) is 2.58. The van der Waals surface area contributed by atoms with Crippen LogP contribution < -0.4 is 5.43 Å². The van der Waals surface area contributed by atoms with Crippen LogP contribution in [0.3, 0.4) is 0 Å². The van der Waals surface area contributed by atoms with E-state index in [4.69, 9.17) is 4.42 Å². The summed E-state index contributed by atoms with van der Waals surface area (Å²) in [6.45, 7) is 1.17. The van der Waals surface area contributed by atoms with E-state index < -0.39 is 0 Å². The molecule has 3 aromatic rings. The molecule has 0 saturated carbocycles. The molecule has 122 valence electrons. The first-order valence-electron chi connectivity index (χ1n) is 7.90. The van der Waals surface area contributed by atoms with E-state index in [0.717, 1.165) is 12.8 Å². The Morgan fingerprint density at radius 2 is 1.83 bits per heavy atom. The molecule has 2 aromatic heterocycles. The van der Waals surface area contributed by atoms with Crippen molar-refractivity contribution in [3.8, 4) is 0 Å². The Kier molecular flexibility index (Phi) is 3.60. The zero-order valence-electron chi connectivity index (χ0n) is 13.0. The van der Waals surface area contributed by atoms with Crippen LogP contribution in [0.15, 0.2) is 51.9 Å². The molecule has 0 atom stereocenters. The van der Waals surface area contributed by atoms with E-state index in [1.807, 2.05) is 0 Å². The summed E-state index contributed by atoms with van der Waals surface area (Å²) in [5.74, 6) is -0.154. The SMILES string of the molecule is O=C(c1cc(=O)c2ccccc2o1)N1CCC(n2nccn2)CC1. The summed E-state index contributed by atoms with van der Waals surface area (Å²) < 4.78 is 5.64. The number of fused-ring (bicyclic) bond motifs is 1. The molecule has 1 aliphatic heterocycles. The molecule has 0 radical (unpaired) electrons. The fourth-order valence-electron chi connectivity index (χ4n) is 3.08. The topological polar surface area (TPSA) is 81.2 Å². The molecule has 4 rings (SSSR count). The molecule has 0 unspecified atom stereocenters. The van der Waals surface area contributed by atoms with Crippen LogP contribution in [0.1, 0.15) is 29.4 Å². The number of para-hydroxylation sites is 1. The van der Waals surface area contributed by atoms with E-state index in [1.54, 1.807) is 46.4 Å². The number of amides is 1. The van der Waals surface area contributed by atoms with Gasteiger partial charge in [-0.2, -0.15) is 15.0 Å². The molecule has 1 aromatic carbocycles. The molecule has 1 amide bonds. The van der Waals surface area contributed by atoms with Crippen molar-refractivity contribution in [2.24, 2.45) is 0 Å². The Morgan fingerprint density at radius 1 is 1.12 bits per heavy atom. The molecule has 0 bridgehead atoms. The highest BCUT2D eigenvalue weighted by Crippen LogP contribution is 2.22. The lowest BCUT2D eigenvalue weighted by Crippen LogP contribution is -2.39. The quantitative estimate of drug-likeness (QED) is 0.719. The van der Waals surface area contributed by atoms with Crippen molar-refractivity contribution >= 4 is 16.9 Å². The number of benzene rings is 1. The summed E-state index contributed by atoms with van der Waals surface area (Å²) in [4.78, 5) is 28.2. The maximum absolute atomic E-state index is 12.6. The van der Waals surface area contributed by atoms with Crippen molar-refractivity contribution in [1.29, 1.82) is 0 Å². The lowest BCUT2D eigenvalue weighted by molar-refractivity contribution is 0.0652. The van der Waals surface area contributed by atoms with Gasteiger partial charge in [0.05, 0.1) is 23.8 Å². The average Bonchev–Trinajstić information content (AvgIpc) is 3.16. The predicted octanol–water partition coefficient (Wildman–Crippen LogP) is 1.86. The second kappa shape index (κ2) is 5.92. The van der Waals surface area contributed by atoms with Crippen LogP contribution in [0.4, 0.5) is 0 Å². The van der Waals surface area contributed by atoms with Gasteiger partial charge in [-0.25, -0.2) is 0 Å². The summed E-state index contributed by atoms with van der Waals surface area (Å²) in [5, 5.41) is 8.80. The van der Waals surface area contributed by atoms with Gasteiger partial charge < -0.3 is 9.32 Å². The van der Waals surface area contributed by atoms with Crippen molar-refractivity contribution in [3.63, 3.8) is 0 Å². The number of aromatic nitrogens is 3. The minimum absolute atomic E-state index is 0.0920. The van der Waals surface area contributed by atoms with E-state index in [9.17, 15) is 9.59 Å². The highest BCUT2D eigenvalue weighted by molar-refractivity contribution is 5.93. The van der Waals surface area contributed by atoms with Gasteiger partial charge in [0.25, 0.3) is 5.91 Å². The van der Waals surface area contributed by atoms with Crippen molar-refractivity contribution in [3.05, 3.63) is 58.7 Å². The second-order valence-corrected chi connectivity index (χ2v) is 5.84. The number of rotatable bonds is 2. The number of likely N-dealkylation sites (tertiary alicyclic amines) is 1. The highest BCUT2D eigenvalue weighted by Gasteiger charge is 2.27. The molecule has 0 spiro atoms. The monoisotopic (exact) mass is 324 g/mol. The molecule has 7 heteroatoms. The van der Waals surface area contributed by atoms with Gasteiger partial charge in [0.1, 0.15) is 5.58 Å². The minimum atomic E-state index is -0.246. The van der Waals surface area contributed by atoms with Crippen molar-refractivity contribution in [1.82, 2.24) is 19.9 Å². The number of nitrogens with zero attached hydrogens (tertiary/aromatic N) is 4. The minimum Gasteiger partial charge on any atom is -0.451 e. The van der Waals surface area contributed by atoms with Crippen LogP contribution in [0.25, 0.3) is 11.0 Å². The van der Waals surface area contributed by atoms with Crippen LogP contribution >= 0.6 is 0 Å². The molecule has 1 saturated heterocycles. The van der Waals surface area contributed by atoms with Gasteiger partial charge in [-0.1, -0.05) is 12.1 Å². The second-order valence-electron chi connectivity index (χ2n) is 5.84. The van der Waals surface area contributed by atoms with Crippen LogP contribution in [-0.2, 0) is 0 Å². The number of carbonyl (C=O) groups is 1. The van der Waals surface area contributed by atoms with Gasteiger partial charge in [-0.15, -0.1) is 0 Å². The van der Waals surface area contributed by atoms with E-state index in [2.05, 4.69) is 10.2 Å². The standard InChI is InChI=1S/C17H16N4O3/c22-14-11-16(24-15-4-2-1-3-13(14)15)17(23)20-9-5-12(6-10-20)21-18-7-8-19-21/h1-4,7-8,11-12H,5-6,9-10H2. The molecule has 24 heavy (non-hydrogen) atoms. The third-order valence-corrected chi connectivity index (χ3v) is 4.36. The van der Waals surface area contributed by atoms with Crippen molar-refractivity contribution in [2.45, 2.75) is 18.9 Å². The van der Waals surface area contributed by atoms with E-state index in [-0.39, 0.29) is 23.1 Å². The molecule has 0 aliphatic carbocycles. The summed E-state index contributed by atoms with van der Waals surface area (Å²) >= 11 is 0. The first kappa shape index (κ1) is 14.6. The Labute approximate surface area is 137 Å². The van der Waals surface area contributed by atoms with Gasteiger partial charge in [0, 0.05) is 19.2 Å². The van der Waals surface area contributed by atoms with Gasteiger partial charge in [-0.05, 0) is 25.0 Å². The lowest BCUT2D eigenvalue weighted by Gasteiger charge is -2.31. The van der Waals surface area contributed by atoms with Crippen LogP contribution in [-0.4, -0.2) is 38.9 Å². The van der Waals surface area contributed by atoms with E-state index in [1.165, 1.54) is 6.07 Å². The molecule has 0 N–H and O–H groups in total. The average molecular weight is 324 g/mol. The van der Waals surface area contributed by atoms with E-state index in [0.29, 0.717) is 24.1 Å².